The normalized spacial score (nSPS) is 14.4. The van der Waals surface area contributed by atoms with Gasteiger partial charge in [0.1, 0.15) is 5.76 Å². The number of benzene rings is 1. The molecule has 1 aliphatic rings. The highest BCUT2D eigenvalue weighted by Crippen LogP contribution is 2.35. The van der Waals surface area contributed by atoms with Crippen molar-refractivity contribution < 1.29 is 9.21 Å². The molecular formula is C16H17NO2. The summed E-state index contributed by atoms with van der Waals surface area (Å²) in [5.74, 6) is 1.05. The van der Waals surface area contributed by atoms with Crippen LogP contribution in [0, 0.1) is 0 Å². The highest BCUT2D eigenvalue weighted by atomic mass is 16.3. The van der Waals surface area contributed by atoms with Gasteiger partial charge in [-0.2, -0.15) is 0 Å². The average molecular weight is 255 g/mol. The molecule has 0 radical (unpaired) electrons. The molecule has 3 rings (SSSR count). The zero-order valence-corrected chi connectivity index (χ0v) is 11.0. The molecule has 0 atom stereocenters. The van der Waals surface area contributed by atoms with Crippen LogP contribution in [0.2, 0.25) is 0 Å². The van der Waals surface area contributed by atoms with E-state index in [0.29, 0.717) is 6.04 Å². The lowest BCUT2D eigenvalue weighted by Crippen LogP contribution is -2.26. The molecule has 0 unspecified atom stereocenters. The predicted molar refractivity (Wildman–Crippen MR) is 74.4 cm³/mol. The number of para-hydroxylation sites is 1. The first-order valence-corrected chi connectivity index (χ1v) is 6.64. The lowest BCUT2D eigenvalue weighted by atomic mass is 10.1. The van der Waals surface area contributed by atoms with Crippen LogP contribution in [0.1, 0.15) is 35.9 Å². The van der Waals surface area contributed by atoms with Crippen molar-refractivity contribution in [1.29, 1.82) is 0 Å². The van der Waals surface area contributed by atoms with Crippen molar-refractivity contribution in [2.45, 2.75) is 32.4 Å². The van der Waals surface area contributed by atoms with Crippen LogP contribution in [0.3, 0.4) is 0 Å². The minimum atomic E-state index is 0.112. The van der Waals surface area contributed by atoms with E-state index in [-0.39, 0.29) is 5.78 Å². The highest BCUT2D eigenvalue weighted by molar-refractivity contribution is 5.99. The molecule has 1 fully saturated rings. The van der Waals surface area contributed by atoms with E-state index in [1.54, 1.807) is 13.2 Å². The maximum atomic E-state index is 11.8. The fraction of sp³-hybridized carbons (Fsp3) is 0.312. The summed E-state index contributed by atoms with van der Waals surface area (Å²) in [5, 5.41) is 0. The second kappa shape index (κ2) is 4.92. The first-order valence-electron chi connectivity index (χ1n) is 6.64. The van der Waals surface area contributed by atoms with Crippen molar-refractivity contribution in [2.75, 3.05) is 4.90 Å². The summed E-state index contributed by atoms with van der Waals surface area (Å²) in [6, 6.07) is 12.2. The fourth-order valence-electron chi connectivity index (χ4n) is 2.39. The Hall–Kier alpha value is -2.03. The minimum absolute atomic E-state index is 0.112. The number of Topliss-reactive ketones (excluding diaryl/α,β-unsaturated/α-hetero) is 1. The third-order valence-corrected chi connectivity index (χ3v) is 3.49. The Bertz CT molecular complexity index is 570. The van der Waals surface area contributed by atoms with Crippen LogP contribution in [0.4, 0.5) is 5.69 Å². The third-order valence-electron chi connectivity index (χ3n) is 3.49. The van der Waals surface area contributed by atoms with Gasteiger partial charge in [0.2, 0.25) is 0 Å². The average Bonchev–Trinajstić information content (AvgIpc) is 3.13. The van der Waals surface area contributed by atoms with Crippen LogP contribution in [-0.2, 0) is 6.54 Å². The maximum absolute atomic E-state index is 11.8. The number of anilines is 1. The summed E-state index contributed by atoms with van der Waals surface area (Å²) in [4.78, 5) is 14.1. The summed E-state index contributed by atoms with van der Waals surface area (Å²) in [6.07, 6.45) is 4.07. The Morgan fingerprint density at radius 1 is 1.26 bits per heavy atom. The second-order valence-corrected chi connectivity index (χ2v) is 5.01. The molecule has 3 heteroatoms. The molecule has 1 aromatic heterocycles. The first kappa shape index (κ1) is 12.0. The molecule has 0 spiro atoms. The van der Waals surface area contributed by atoms with Crippen LogP contribution in [0.25, 0.3) is 0 Å². The van der Waals surface area contributed by atoms with Gasteiger partial charge in [-0.1, -0.05) is 12.1 Å². The maximum Gasteiger partial charge on any atom is 0.161 e. The van der Waals surface area contributed by atoms with Crippen LogP contribution < -0.4 is 4.90 Å². The third kappa shape index (κ3) is 2.55. The SMILES string of the molecule is CC(=O)c1ccccc1N(Cc1ccco1)C1CC1. The van der Waals surface area contributed by atoms with E-state index in [2.05, 4.69) is 4.90 Å². The van der Waals surface area contributed by atoms with Crippen molar-refractivity contribution in [3.8, 4) is 0 Å². The molecule has 0 N–H and O–H groups in total. The molecule has 0 aliphatic heterocycles. The number of nitrogens with zero attached hydrogens (tertiary/aromatic N) is 1. The smallest absolute Gasteiger partial charge is 0.161 e. The van der Waals surface area contributed by atoms with Gasteiger partial charge in [-0.15, -0.1) is 0 Å². The van der Waals surface area contributed by atoms with Gasteiger partial charge < -0.3 is 9.32 Å². The van der Waals surface area contributed by atoms with Gasteiger partial charge in [-0.05, 0) is 44.0 Å². The van der Waals surface area contributed by atoms with Crippen LogP contribution >= 0.6 is 0 Å². The molecule has 1 saturated carbocycles. The Morgan fingerprint density at radius 2 is 2.05 bits per heavy atom. The number of hydrogen-bond donors (Lipinski definition) is 0. The Morgan fingerprint density at radius 3 is 2.68 bits per heavy atom. The monoisotopic (exact) mass is 255 g/mol. The van der Waals surface area contributed by atoms with E-state index in [4.69, 9.17) is 4.42 Å². The van der Waals surface area contributed by atoms with E-state index in [9.17, 15) is 4.79 Å². The van der Waals surface area contributed by atoms with Gasteiger partial charge in [-0.25, -0.2) is 0 Å². The predicted octanol–water partition coefficient (Wildman–Crippen LogP) is 3.65. The number of carbonyl (C=O) groups is 1. The molecule has 19 heavy (non-hydrogen) atoms. The van der Waals surface area contributed by atoms with E-state index < -0.39 is 0 Å². The molecule has 1 heterocycles. The van der Waals surface area contributed by atoms with Crippen molar-refractivity contribution in [2.24, 2.45) is 0 Å². The van der Waals surface area contributed by atoms with E-state index >= 15 is 0 Å². The molecule has 0 bridgehead atoms. The van der Waals surface area contributed by atoms with Gasteiger partial charge in [0.25, 0.3) is 0 Å². The number of ketones is 1. The van der Waals surface area contributed by atoms with Gasteiger partial charge in [-0.3, -0.25) is 4.79 Å². The molecule has 2 aromatic rings. The number of furan rings is 1. The Balaban J connectivity index is 1.94. The van der Waals surface area contributed by atoms with E-state index in [1.165, 1.54) is 12.8 Å². The molecule has 3 nitrogen and oxygen atoms in total. The second-order valence-electron chi connectivity index (χ2n) is 5.01. The van der Waals surface area contributed by atoms with Crippen molar-refractivity contribution in [1.82, 2.24) is 0 Å². The molecule has 98 valence electrons. The summed E-state index contributed by atoms with van der Waals surface area (Å²) in [5.41, 5.74) is 1.81. The standard InChI is InChI=1S/C16H17NO2/c1-12(18)15-6-2-3-7-16(15)17(13-8-9-13)11-14-5-4-10-19-14/h2-7,10,13H,8-9,11H2,1H3. The summed E-state index contributed by atoms with van der Waals surface area (Å²) in [6.45, 7) is 2.35. The largest absolute Gasteiger partial charge is 0.467 e. The Kier molecular flexibility index (Phi) is 3.11. The Labute approximate surface area is 112 Å². The van der Waals surface area contributed by atoms with Gasteiger partial charge in [0, 0.05) is 17.3 Å². The van der Waals surface area contributed by atoms with Gasteiger partial charge >= 0.3 is 0 Å². The van der Waals surface area contributed by atoms with Crippen LogP contribution in [0.15, 0.2) is 47.1 Å². The summed E-state index contributed by atoms with van der Waals surface area (Å²) in [7, 11) is 0. The van der Waals surface area contributed by atoms with Crippen molar-refractivity contribution in [3.63, 3.8) is 0 Å². The fourth-order valence-corrected chi connectivity index (χ4v) is 2.39. The zero-order chi connectivity index (χ0) is 13.2. The molecule has 0 saturated heterocycles. The summed E-state index contributed by atoms with van der Waals surface area (Å²) >= 11 is 0. The molecule has 0 amide bonds. The summed E-state index contributed by atoms with van der Waals surface area (Å²) < 4.78 is 5.44. The lowest BCUT2D eigenvalue weighted by molar-refractivity contribution is 0.101. The number of hydrogen-bond acceptors (Lipinski definition) is 3. The quantitative estimate of drug-likeness (QED) is 0.765. The van der Waals surface area contributed by atoms with Gasteiger partial charge in [0.05, 0.1) is 12.8 Å². The molecule has 1 aliphatic carbocycles. The molecule has 1 aromatic carbocycles. The van der Waals surface area contributed by atoms with Gasteiger partial charge in [0.15, 0.2) is 5.78 Å². The van der Waals surface area contributed by atoms with E-state index in [1.807, 2.05) is 36.4 Å². The van der Waals surface area contributed by atoms with Crippen LogP contribution in [-0.4, -0.2) is 11.8 Å². The van der Waals surface area contributed by atoms with Crippen molar-refractivity contribution >= 4 is 11.5 Å². The van der Waals surface area contributed by atoms with E-state index in [0.717, 1.165) is 23.6 Å². The zero-order valence-electron chi connectivity index (χ0n) is 11.0. The van der Waals surface area contributed by atoms with Crippen molar-refractivity contribution in [3.05, 3.63) is 54.0 Å². The molecular weight excluding hydrogens is 238 g/mol. The minimum Gasteiger partial charge on any atom is -0.467 e. The topological polar surface area (TPSA) is 33.5 Å². The van der Waals surface area contributed by atoms with Crippen LogP contribution in [0.5, 0.6) is 0 Å². The first-order chi connectivity index (χ1) is 9.25. The number of rotatable bonds is 5. The number of carbonyl (C=O) groups excluding carboxylic acids is 1. The lowest BCUT2D eigenvalue weighted by Gasteiger charge is -2.25. The highest BCUT2D eigenvalue weighted by Gasteiger charge is 2.31.